The molecule has 0 spiro atoms. The second kappa shape index (κ2) is 7.10. The molecule has 0 unspecified atom stereocenters. The van der Waals surface area contributed by atoms with E-state index in [4.69, 9.17) is 4.98 Å². The van der Waals surface area contributed by atoms with Crippen LogP contribution in [0.25, 0.3) is 0 Å². The van der Waals surface area contributed by atoms with Gasteiger partial charge in [-0.2, -0.15) is 0 Å². The van der Waals surface area contributed by atoms with Gasteiger partial charge in [-0.05, 0) is 51.5 Å². The van der Waals surface area contributed by atoms with E-state index in [0.29, 0.717) is 0 Å². The zero-order chi connectivity index (χ0) is 14.7. The number of rotatable bonds is 5. The van der Waals surface area contributed by atoms with Gasteiger partial charge in [-0.15, -0.1) is 11.3 Å². The summed E-state index contributed by atoms with van der Waals surface area (Å²) in [5, 5.41) is 4.81. The van der Waals surface area contributed by atoms with Crippen LogP contribution in [0.3, 0.4) is 0 Å². The second-order valence-corrected chi connectivity index (χ2v) is 7.69. The fourth-order valence-electron chi connectivity index (χ4n) is 3.94. The van der Waals surface area contributed by atoms with Gasteiger partial charge in [-0.3, -0.25) is 0 Å². The molecule has 1 aliphatic carbocycles. The van der Waals surface area contributed by atoms with E-state index in [1.165, 1.54) is 67.2 Å². The smallest absolute Gasteiger partial charge is 0.186 e. The lowest BCUT2D eigenvalue weighted by atomic mass is 9.78. The molecule has 2 atom stereocenters. The quantitative estimate of drug-likeness (QED) is 0.830. The molecule has 1 aromatic rings. The van der Waals surface area contributed by atoms with Crippen molar-refractivity contribution in [2.75, 3.05) is 18.0 Å². The molecule has 4 heteroatoms. The first kappa shape index (κ1) is 15.3. The lowest BCUT2D eigenvalue weighted by molar-refractivity contribution is 0.243. The number of aryl methyl sites for hydroxylation is 1. The molecule has 1 aliphatic heterocycles. The Hall–Kier alpha value is -0.610. The lowest BCUT2D eigenvalue weighted by Crippen LogP contribution is -2.46. The Kier molecular flexibility index (Phi) is 5.17. The van der Waals surface area contributed by atoms with Crippen LogP contribution >= 0.6 is 11.3 Å². The topological polar surface area (TPSA) is 28.2 Å². The van der Waals surface area contributed by atoms with E-state index < -0.39 is 0 Å². The summed E-state index contributed by atoms with van der Waals surface area (Å²) in [6, 6.07) is 0.773. The molecule has 2 fully saturated rings. The third kappa shape index (κ3) is 3.42. The van der Waals surface area contributed by atoms with Crippen LogP contribution in [0.1, 0.15) is 62.4 Å². The van der Waals surface area contributed by atoms with Crippen LogP contribution in [0.2, 0.25) is 0 Å². The number of thiazole rings is 1. The molecule has 1 saturated heterocycles. The van der Waals surface area contributed by atoms with Crippen molar-refractivity contribution in [3.63, 3.8) is 0 Å². The minimum atomic E-state index is 0.773. The average Bonchev–Trinajstić information content (AvgIpc) is 2.88. The fourth-order valence-corrected chi connectivity index (χ4v) is 5.05. The van der Waals surface area contributed by atoms with Crippen LogP contribution in [-0.2, 0) is 6.54 Å². The minimum absolute atomic E-state index is 0.773. The molecule has 2 aliphatic rings. The number of anilines is 1. The highest BCUT2D eigenvalue weighted by atomic mass is 32.1. The van der Waals surface area contributed by atoms with Crippen molar-refractivity contribution in [2.45, 2.75) is 71.4 Å². The normalized spacial score (nSPS) is 25.9. The third-order valence-electron chi connectivity index (χ3n) is 5.08. The van der Waals surface area contributed by atoms with E-state index in [9.17, 15) is 0 Å². The Labute approximate surface area is 133 Å². The molecule has 3 rings (SSSR count). The molecule has 21 heavy (non-hydrogen) atoms. The first-order valence-corrected chi connectivity index (χ1v) is 9.55. The van der Waals surface area contributed by atoms with Gasteiger partial charge >= 0.3 is 0 Å². The Bertz CT molecular complexity index is 455. The molecule has 118 valence electrons. The Morgan fingerprint density at radius 1 is 1.24 bits per heavy atom. The van der Waals surface area contributed by atoms with Crippen LogP contribution in [0.15, 0.2) is 0 Å². The summed E-state index contributed by atoms with van der Waals surface area (Å²) in [6.45, 7) is 7.69. The van der Waals surface area contributed by atoms with Gasteiger partial charge in [0.25, 0.3) is 0 Å². The lowest BCUT2D eigenvalue weighted by Gasteiger charge is -2.44. The number of hydrogen-bond acceptors (Lipinski definition) is 4. The standard InChI is InChI=1S/C17H29N3S/c1-3-10-18-12-16-13(2)19-17(21-16)20-11-6-8-14-7-4-5-9-15(14)20/h14-15,18H,3-12H2,1-2H3/t14-,15-/m1/s1. The number of fused-ring (bicyclic) bond motifs is 1. The second-order valence-electron chi connectivity index (χ2n) is 6.63. The van der Waals surface area contributed by atoms with E-state index in [1.807, 2.05) is 11.3 Å². The maximum Gasteiger partial charge on any atom is 0.186 e. The van der Waals surface area contributed by atoms with Crippen LogP contribution in [0.5, 0.6) is 0 Å². The van der Waals surface area contributed by atoms with Gasteiger partial charge in [0.15, 0.2) is 5.13 Å². The molecule has 0 bridgehead atoms. The van der Waals surface area contributed by atoms with E-state index in [-0.39, 0.29) is 0 Å². The van der Waals surface area contributed by atoms with Crippen molar-refractivity contribution < 1.29 is 0 Å². The highest BCUT2D eigenvalue weighted by Crippen LogP contribution is 2.39. The van der Waals surface area contributed by atoms with Crippen LogP contribution < -0.4 is 10.2 Å². The maximum atomic E-state index is 4.91. The molecule has 1 saturated carbocycles. The summed E-state index contributed by atoms with van der Waals surface area (Å²) in [5.74, 6) is 0.929. The van der Waals surface area contributed by atoms with Gasteiger partial charge < -0.3 is 10.2 Å². The SMILES string of the molecule is CCCNCc1sc(N2CCC[C@H]3CCCC[C@H]32)nc1C. The Morgan fingerprint density at radius 2 is 2.05 bits per heavy atom. The highest BCUT2D eigenvalue weighted by molar-refractivity contribution is 7.15. The number of nitrogens with one attached hydrogen (secondary N) is 1. The fraction of sp³-hybridized carbons (Fsp3) is 0.824. The first-order valence-electron chi connectivity index (χ1n) is 8.73. The summed E-state index contributed by atoms with van der Waals surface area (Å²) < 4.78 is 0. The number of piperidine rings is 1. The summed E-state index contributed by atoms with van der Waals surface area (Å²) in [5.41, 5.74) is 1.23. The molecular formula is C17H29N3S. The molecule has 1 aromatic heterocycles. The van der Waals surface area contributed by atoms with Gasteiger partial charge in [0, 0.05) is 24.0 Å². The van der Waals surface area contributed by atoms with Gasteiger partial charge in [0.1, 0.15) is 0 Å². The van der Waals surface area contributed by atoms with Crippen molar-refractivity contribution in [3.8, 4) is 0 Å². The molecular weight excluding hydrogens is 278 g/mol. The minimum Gasteiger partial charge on any atom is -0.345 e. The van der Waals surface area contributed by atoms with Crippen LogP contribution in [-0.4, -0.2) is 24.1 Å². The predicted molar refractivity (Wildman–Crippen MR) is 91.2 cm³/mol. The zero-order valence-electron chi connectivity index (χ0n) is 13.5. The number of hydrogen-bond donors (Lipinski definition) is 1. The molecule has 3 nitrogen and oxygen atoms in total. The van der Waals surface area contributed by atoms with Crippen molar-refractivity contribution in [1.29, 1.82) is 0 Å². The predicted octanol–water partition coefficient (Wildman–Crippen LogP) is 4.11. The Balaban J connectivity index is 1.71. The average molecular weight is 308 g/mol. The first-order chi connectivity index (χ1) is 10.3. The van der Waals surface area contributed by atoms with Crippen molar-refractivity contribution in [3.05, 3.63) is 10.6 Å². The maximum absolute atomic E-state index is 4.91. The summed E-state index contributed by atoms with van der Waals surface area (Å²) in [4.78, 5) is 8.98. The summed E-state index contributed by atoms with van der Waals surface area (Å²) in [6.07, 6.45) is 9.66. The van der Waals surface area contributed by atoms with E-state index in [2.05, 4.69) is 24.1 Å². The van der Waals surface area contributed by atoms with E-state index in [0.717, 1.165) is 25.0 Å². The van der Waals surface area contributed by atoms with E-state index >= 15 is 0 Å². The number of aromatic nitrogens is 1. The molecule has 0 aromatic carbocycles. The monoisotopic (exact) mass is 307 g/mol. The molecule has 2 heterocycles. The van der Waals surface area contributed by atoms with Gasteiger partial charge in [-0.25, -0.2) is 4.98 Å². The number of nitrogens with zero attached hydrogens (tertiary/aromatic N) is 2. The van der Waals surface area contributed by atoms with Crippen molar-refractivity contribution in [1.82, 2.24) is 10.3 Å². The van der Waals surface area contributed by atoms with E-state index in [1.54, 1.807) is 0 Å². The van der Waals surface area contributed by atoms with Gasteiger partial charge in [-0.1, -0.05) is 19.8 Å². The van der Waals surface area contributed by atoms with Crippen molar-refractivity contribution >= 4 is 16.5 Å². The van der Waals surface area contributed by atoms with Crippen LogP contribution in [0, 0.1) is 12.8 Å². The summed E-state index contributed by atoms with van der Waals surface area (Å²) >= 11 is 1.92. The molecule has 0 amide bonds. The largest absolute Gasteiger partial charge is 0.345 e. The highest BCUT2D eigenvalue weighted by Gasteiger charge is 2.34. The zero-order valence-corrected chi connectivity index (χ0v) is 14.3. The van der Waals surface area contributed by atoms with Gasteiger partial charge in [0.2, 0.25) is 0 Å². The third-order valence-corrected chi connectivity index (χ3v) is 6.28. The summed E-state index contributed by atoms with van der Waals surface area (Å²) in [7, 11) is 0. The van der Waals surface area contributed by atoms with Crippen LogP contribution in [0.4, 0.5) is 5.13 Å². The van der Waals surface area contributed by atoms with Gasteiger partial charge in [0.05, 0.1) is 5.69 Å². The Morgan fingerprint density at radius 3 is 2.90 bits per heavy atom. The molecule has 0 radical (unpaired) electrons. The molecule has 1 N–H and O–H groups in total. The van der Waals surface area contributed by atoms with Crippen molar-refractivity contribution in [2.24, 2.45) is 5.92 Å².